The van der Waals surface area contributed by atoms with E-state index in [0.29, 0.717) is 16.9 Å². The van der Waals surface area contributed by atoms with Crippen molar-refractivity contribution in [3.05, 3.63) is 90.0 Å². The maximum Gasteiger partial charge on any atom is 0.337 e. The maximum atomic E-state index is 12.5. The van der Waals surface area contributed by atoms with Gasteiger partial charge in [0.25, 0.3) is 5.91 Å². The minimum atomic E-state index is -1.12. The highest BCUT2D eigenvalue weighted by atomic mass is 16.4. The lowest BCUT2D eigenvalue weighted by molar-refractivity contribution is 0.0698. The first kappa shape index (κ1) is 16.6. The normalized spacial score (nSPS) is 10.7. The van der Waals surface area contributed by atoms with Crippen LogP contribution in [0.5, 0.6) is 0 Å². The van der Waals surface area contributed by atoms with Crippen molar-refractivity contribution in [3.63, 3.8) is 0 Å². The number of hydrogen-bond acceptors (Lipinski definition) is 3. The summed E-state index contributed by atoms with van der Waals surface area (Å²) in [5.41, 5.74) is 2.10. The molecule has 5 nitrogen and oxygen atoms in total. The number of benzene rings is 3. The Labute approximate surface area is 154 Å². The van der Waals surface area contributed by atoms with Crippen molar-refractivity contribution in [2.45, 2.75) is 0 Å². The highest BCUT2D eigenvalue weighted by molar-refractivity contribution is 6.08. The number of carbonyl (C=O) groups is 2. The van der Waals surface area contributed by atoms with Gasteiger partial charge in [-0.1, -0.05) is 42.5 Å². The molecule has 0 bridgehead atoms. The molecule has 1 heterocycles. The molecule has 3 aromatic carbocycles. The first-order valence-electron chi connectivity index (χ1n) is 8.34. The number of carboxylic acid groups (broad SMARTS) is 1. The maximum absolute atomic E-state index is 12.5. The average molecular weight is 357 g/mol. The molecule has 27 heavy (non-hydrogen) atoms. The summed E-state index contributed by atoms with van der Waals surface area (Å²) < 4.78 is 5.84. The summed E-state index contributed by atoms with van der Waals surface area (Å²) in [6, 6.07) is 22.9. The number of hydrogen-bond donors (Lipinski definition) is 2. The van der Waals surface area contributed by atoms with Gasteiger partial charge >= 0.3 is 5.97 Å². The lowest BCUT2D eigenvalue weighted by Gasteiger charge is -2.10. The average Bonchev–Trinajstić information content (AvgIpc) is 3.12. The Bertz CT molecular complexity index is 1110. The molecule has 0 fully saturated rings. The molecule has 0 aliphatic heterocycles. The van der Waals surface area contributed by atoms with Crippen LogP contribution in [0.15, 0.2) is 83.3 Å². The van der Waals surface area contributed by atoms with E-state index in [2.05, 4.69) is 5.32 Å². The largest absolute Gasteiger partial charge is 0.478 e. The Hall–Kier alpha value is -3.86. The van der Waals surface area contributed by atoms with Crippen LogP contribution < -0.4 is 5.32 Å². The van der Waals surface area contributed by atoms with Crippen LogP contribution in [0.25, 0.3) is 22.3 Å². The molecule has 0 aliphatic rings. The van der Waals surface area contributed by atoms with E-state index in [0.717, 1.165) is 11.0 Å². The standard InChI is InChI=1S/C22H15NO4/c24-21(14-6-2-1-3-7-14)23-18-12-16(10-11-17(18)22(25)26)20-13-15-8-4-5-9-19(15)27-20/h1-13H,(H,23,24)(H,25,26). The van der Waals surface area contributed by atoms with Gasteiger partial charge in [0.2, 0.25) is 0 Å². The van der Waals surface area contributed by atoms with Gasteiger partial charge in [0.05, 0.1) is 11.3 Å². The fraction of sp³-hybridized carbons (Fsp3) is 0. The fourth-order valence-electron chi connectivity index (χ4n) is 2.90. The highest BCUT2D eigenvalue weighted by Crippen LogP contribution is 2.31. The zero-order valence-electron chi connectivity index (χ0n) is 14.2. The Morgan fingerprint density at radius 1 is 0.852 bits per heavy atom. The highest BCUT2D eigenvalue weighted by Gasteiger charge is 2.16. The van der Waals surface area contributed by atoms with E-state index in [9.17, 15) is 14.7 Å². The molecule has 4 rings (SSSR count). The number of carboxylic acids is 1. The number of fused-ring (bicyclic) bond motifs is 1. The predicted octanol–water partition coefficient (Wildman–Crippen LogP) is 5.05. The van der Waals surface area contributed by atoms with Crippen LogP contribution in [0.4, 0.5) is 5.69 Å². The van der Waals surface area contributed by atoms with Gasteiger partial charge in [0.15, 0.2) is 0 Å². The first-order chi connectivity index (χ1) is 13.1. The number of amides is 1. The molecule has 0 unspecified atom stereocenters. The molecule has 0 radical (unpaired) electrons. The molecule has 0 saturated carbocycles. The third-order valence-electron chi connectivity index (χ3n) is 4.24. The summed E-state index contributed by atoms with van der Waals surface area (Å²) >= 11 is 0. The Kier molecular flexibility index (Phi) is 4.18. The molecule has 4 aromatic rings. The van der Waals surface area contributed by atoms with Crippen molar-refractivity contribution in [2.75, 3.05) is 5.32 Å². The Morgan fingerprint density at radius 3 is 2.33 bits per heavy atom. The van der Waals surface area contributed by atoms with Gasteiger partial charge in [-0.25, -0.2) is 4.79 Å². The molecule has 2 N–H and O–H groups in total. The van der Waals surface area contributed by atoms with E-state index in [1.54, 1.807) is 36.4 Å². The van der Waals surface area contributed by atoms with Crippen molar-refractivity contribution in [2.24, 2.45) is 0 Å². The smallest absolute Gasteiger partial charge is 0.337 e. The molecule has 132 valence electrons. The summed E-state index contributed by atoms with van der Waals surface area (Å²) in [4.78, 5) is 24.0. The first-order valence-corrected chi connectivity index (χ1v) is 8.34. The third kappa shape index (κ3) is 3.30. The van der Waals surface area contributed by atoms with Crippen molar-refractivity contribution in [1.82, 2.24) is 0 Å². The zero-order chi connectivity index (χ0) is 18.8. The van der Waals surface area contributed by atoms with Gasteiger partial charge in [0.1, 0.15) is 11.3 Å². The quantitative estimate of drug-likeness (QED) is 0.536. The SMILES string of the molecule is O=C(Nc1cc(-c2cc3ccccc3o2)ccc1C(=O)O)c1ccccc1. The molecular formula is C22H15NO4. The molecule has 1 amide bonds. The second-order valence-electron chi connectivity index (χ2n) is 6.03. The van der Waals surface area contributed by atoms with Crippen LogP contribution in [0, 0.1) is 0 Å². The minimum Gasteiger partial charge on any atom is -0.478 e. The second-order valence-corrected chi connectivity index (χ2v) is 6.03. The Morgan fingerprint density at radius 2 is 1.59 bits per heavy atom. The van der Waals surface area contributed by atoms with Crippen LogP contribution >= 0.6 is 0 Å². The molecule has 0 saturated heterocycles. The summed E-state index contributed by atoms with van der Waals surface area (Å²) in [7, 11) is 0. The van der Waals surface area contributed by atoms with Gasteiger partial charge < -0.3 is 14.8 Å². The van der Waals surface area contributed by atoms with Crippen molar-refractivity contribution >= 4 is 28.5 Å². The lowest BCUT2D eigenvalue weighted by atomic mass is 10.1. The van der Waals surface area contributed by atoms with Gasteiger partial charge in [-0.15, -0.1) is 0 Å². The predicted molar refractivity (Wildman–Crippen MR) is 103 cm³/mol. The number of nitrogens with one attached hydrogen (secondary N) is 1. The third-order valence-corrected chi connectivity index (χ3v) is 4.24. The zero-order valence-corrected chi connectivity index (χ0v) is 14.2. The number of carbonyl (C=O) groups excluding carboxylic acids is 1. The van der Waals surface area contributed by atoms with Crippen LogP contribution in [-0.2, 0) is 0 Å². The van der Waals surface area contributed by atoms with Gasteiger partial charge in [0, 0.05) is 16.5 Å². The number of para-hydroxylation sites is 1. The van der Waals surface area contributed by atoms with Gasteiger partial charge in [-0.3, -0.25) is 4.79 Å². The van der Waals surface area contributed by atoms with Gasteiger partial charge in [-0.2, -0.15) is 0 Å². The van der Waals surface area contributed by atoms with E-state index in [-0.39, 0.29) is 17.2 Å². The monoisotopic (exact) mass is 357 g/mol. The fourth-order valence-corrected chi connectivity index (χ4v) is 2.90. The van der Waals surface area contributed by atoms with Crippen LogP contribution in [0.1, 0.15) is 20.7 Å². The molecular weight excluding hydrogens is 342 g/mol. The lowest BCUT2D eigenvalue weighted by Crippen LogP contribution is -2.14. The van der Waals surface area contributed by atoms with E-state index in [1.807, 2.05) is 36.4 Å². The van der Waals surface area contributed by atoms with E-state index >= 15 is 0 Å². The summed E-state index contributed by atoms with van der Waals surface area (Å²) in [5, 5.41) is 13.1. The molecule has 0 atom stereocenters. The van der Waals surface area contributed by atoms with Crippen LogP contribution in [0.2, 0.25) is 0 Å². The van der Waals surface area contributed by atoms with E-state index < -0.39 is 5.97 Å². The Balaban J connectivity index is 1.74. The summed E-state index contributed by atoms with van der Waals surface area (Å²) in [6.45, 7) is 0. The number of aromatic carboxylic acids is 1. The second kappa shape index (κ2) is 6.80. The topological polar surface area (TPSA) is 79.5 Å². The molecule has 0 aliphatic carbocycles. The number of furan rings is 1. The number of rotatable bonds is 4. The summed E-state index contributed by atoms with van der Waals surface area (Å²) in [6.07, 6.45) is 0. The minimum absolute atomic E-state index is 0.0131. The van der Waals surface area contributed by atoms with Crippen LogP contribution in [0.3, 0.4) is 0 Å². The van der Waals surface area contributed by atoms with Crippen LogP contribution in [-0.4, -0.2) is 17.0 Å². The molecule has 5 heteroatoms. The number of anilines is 1. The molecule has 0 spiro atoms. The van der Waals surface area contributed by atoms with Crippen molar-refractivity contribution in [1.29, 1.82) is 0 Å². The van der Waals surface area contributed by atoms with Crippen molar-refractivity contribution in [3.8, 4) is 11.3 Å². The van der Waals surface area contributed by atoms with E-state index in [4.69, 9.17) is 4.42 Å². The van der Waals surface area contributed by atoms with E-state index in [1.165, 1.54) is 6.07 Å². The molecule has 1 aromatic heterocycles. The summed E-state index contributed by atoms with van der Waals surface area (Å²) in [5.74, 6) is -0.891. The van der Waals surface area contributed by atoms with Crippen molar-refractivity contribution < 1.29 is 19.1 Å². The van der Waals surface area contributed by atoms with Gasteiger partial charge in [-0.05, 0) is 36.4 Å².